The summed E-state index contributed by atoms with van der Waals surface area (Å²) in [6.45, 7) is 18.9. The Morgan fingerprint density at radius 3 is 2.12 bits per heavy atom. The molecule has 0 bridgehead atoms. The van der Waals surface area contributed by atoms with Crippen molar-refractivity contribution < 1.29 is 14.1 Å². The molecule has 1 heterocycles. The minimum absolute atomic E-state index is 0.132. The fraction of sp³-hybridized carbons (Fsp3) is 0.950. The molecule has 144 valence electrons. The smallest absolute Gasteiger partial charge is 0.403 e. The molecule has 0 spiro atoms. The van der Waals surface area contributed by atoms with E-state index in [4.69, 9.17) is 9.31 Å². The van der Waals surface area contributed by atoms with Gasteiger partial charge in [0.05, 0.1) is 11.2 Å². The van der Waals surface area contributed by atoms with Gasteiger partial charge < -0.3 is 14.6 Å². The summed E-state index contributed by atoms with van der Waals surface area (Å²) in [7, 11) is -0.132. The average Bonchev–Trinajstić information content (AvgIpc) is 2.81. The summed E-state index contributed by atoms with van der Waals surface area (Å²) >= 11 is 0. The lowest BCUT2D eigenvalue weighted by molar-refractivity contribution is -0.133. The highest BCUT2D eigenvalue weighted by Crippen LogP contribution is 2.49. The van der Waals surface area contributed by atoms with Crippen molar-refractivity contribution in [3.8, 4) is 0 Å². The summed E-state index contributed by atoms with van der Waals surface area (Å²) in [4.78, 5) is 12.8. The highest BCUT2D eigenvalue weighted by atomic mass is 16.7. The van der Waals surface area contributed by atoms with E-state index in [1.165, 1.54) is 0 Å². The van der Waals surface area contributed by atoms with Gasteiger partial charge in [0.15, 0.2) is 0 Å². The summed E-state index contributed by atoms with van der Waals surface area (Å²) in [5.41, 5.74) is -0.978. The first-order valence-electron chi connectivity index (χ1n) is 9.86. The maximum absolute atomic E-state index is 12.8. The van der Waals surface area contributed by atoms with Crippen LogP contribution < -0.4 is 5.32 Å². The third-order valence-electron chi connectivity index (χ3n) is 6.83. The quantitative estimate of drug-likeness (QED) is 0.762. The van der Waals surface area contributed by atoms with Gasteiger partial charge in [-0.15, -0.1) is 0 Å². The molecule has 1 saturated heterocycles. The molecule has 1 unspecified atom stereocenters. The zero-order valence-corrected chi connectivity index (χ0v) is 17.8. The first-order chi connectivity index (χ1) is 11.2. The number of carbonyl (C=O) groups is 1. The average molecular weight is 351 g/mol. The van der Waals surface area contributed by atoms with Crippen LogP contribution >= 0.6 is 0 Å². The van der Waals surface area contributed by atoms with Gasteiger partial charge in [-0.05, 0) is 79.5 Å². The fourth-order valence-electron chi connectivity index (χ4n) is 4.11. The zero-order valence-electron chi connectivity index (χ0n) is 17.8. The molecule has 5 heteroatoms. The first-order valence-corrected chi connectivity index (χ1v) is 9.86. The van der Waals surface area contributed by atoms with E-state index in [2.05, 4.69) is 46.9 Å². The van der Waals surface area contributed by atoms with Crippen LogP contribution in [-0.2, 0) is 14.1 Å². The highest BCUT2D eigenvalue weighted by molar-refractivity contribution is 6.45. The van der Waals surface area contributed by atoms with E-state index in [-0.39, 0.29) is 35.2 Å². The van der Waals surface area contributed by atoms with Crippen molar-refractivity contribution in [3.05, 3.63) is 0 Å². The molecular formula is C20H38BNO3. The molecule has 4 nitrogen and oxygen atoms in total. The predicted octanol–water partition coefficient (Wildman–Crippen LogP) is 4.44. The van der Waals surface area contributed by atoms with Gasteiger partial charge in [0.25, 0.3) is 0 Å². The topological polar surface area (TPSA) is 47.6 Å². The fourth-order valence-corrected chi connectivity index (χ4v) is 4.11. The Balaban J connectivity index is 1.92. The molecule has 0 aromatic heterocycles. The van der Waals surface area contributed by atoms with Crippen LogP contribution in [0.1, 0.15) is 81.6 Å². The molecule has 0 aromatic carbocycles. The maximum Gasteiger partial charge on any atom is 0.457 e. The summed E-state index contributed by atoms with van der Waals surface area (Å²) in [5, 5.41) is 3.18. The van der Waals surface area contributed by atoms with Gasteiger partial charge in [0.1, 0.15) is 0 Å². The van der Waals surface area contributed by atoms with E-state index in [0.717, 1.165) is 25.6 Å². The Morgan fingerprint density at radius 2 is 1.64 bits per heavy atom. The molecular weight excluding hydrogens is 313 g/mol. The van der Waals surface area contributed by atoms with Crippen LogP contribution in [0.25, 0.3) is 0 Å². The standard InChI is InChI=1S/C20H38BNO3/c1-14-15(10-12-20(14,9)16(23)22-17(2,3)4)11-13-21-24-18(5,6)19(7,8)25-21/h14-15H,10-13H2,1-9H3,(H,22,23)/t14-,15-,20?/m0/s1. The molecule has 2 rings (SSSR count). The predicted molar refractivity (Wildman–Crippen MR) is 103 cm³/mol. The Kier molecular flexibility index (Phi) is 5.45. The number of amides is 1. The van der Waals surface area contributed by atoms with Gasteiger partial charge in [-0.1, -0.05) is 20.3 Å². The van der Waals surface area contributed by atoms with E-state index in [9.17, 15) is 4.79 Å². The van der Waals surface area contributed by atoms with Crippen molar-refractivity contribution in [2.45, 2.75) is 105 Å². The number of carbonyl (C=O) groups excluding carboxylic acids is 1. The maximum atomic E-state index is 12.8. The van der Waals surface area contributed by atoms with Crippen LogP contribution in [0.15, 0.2) is 0 Å². The third-order valence-corrected chi connectivity index (χ3v) is 6.83. The highest BCUT2D eigenvalue weighted by Gasteiger charge is 2.52. The van der Waals surface area contributed by atoms with Gasteiger partial charge in [-0.25, -0.2) is 0 Å². The molecule has 1 aliphatic carbocycles. The Bertz CT molecular complexity index is 496. The first kappa shape index (κ1) is 20.8. The van der Waals surface area contributed by atoms with E-state index in [1.54, 1.807) is 0 Å². The zero-order chi connectivity index (χ0) is 19.3. The molecule has 2 fully saturated rings. The summed E-state index contributed by atoms with van der Waals surface area (Å²) in [6, 6.07) is 0. The normalized spacial score (nSPS) is 34.4. The number of rotatable bonds is 4. The lowest BCUT2D eigenvalue weighted by atomic mass is 9.73. The van der Waals surface area contributed by atoms with Crippen LogP contribution in [0, 0.1) is 17.3 Å². The second kappa shape index (κ2) is 6.56. The lowest BCUT2D eigenvalue weighted by Gasteiger charge is -2.34. The molecule has 3 atom stereocenters. The van der Waals surface area contributed by atoms with Gasteiger partial charge in [-0.2, -0.15) is 0 Å². The second-order valence-electron chi connectivity index (χ2n) is 10.5. The Morgan fingerprint density at radius 1 is 1.12 bits per heavy atom. The van der Waals surface area contributed by atoms with E-state index < -0.39 is 0 Å². The van der Waals surface area contributed by atoms with Crippen molar-refractivity contribution in [3.63, 3.8) is 0 Å². The summed E-state index contributed by atoms with van der Waals surface area (Å²) in [6.07, 6.45) is 4.02. The summed E-state index contributed by atoms with van der Waals surface area (Å²) < 4.78 is 12.2. The van der Waals surface area contributed by atoms with Crippen LogP contribution in [0.2, 0.25) is 6.32 Å². The van der Waals surface area contributed by atoms with Crippen molar-refractivity contribution in [2.24, 2.45) is 17.3 Å². The van der Waals surface area contributed by atoms with Crippen molar-refractivity contribution in [2.75, 3.05) is 0 Å². The molecule has 2 aliphatic rings. The van der Waals surface area contributed by atoms with Crippen molar-refractivity contribution in [1.82, 2.24) is 5.32 Å². The largest absolute Gasteiger partial charge is 0.457 e. The lowest BCUT2D eigenvalue weighted by Crippen LogP contribution is -2.49. The molecule has 1 saturated carbocycles. The Labute approximate surface area is 154 Å². The van der Waals surface area contributed by atoms with Crippen molar-refractivity contribution in [1.29, 1.82) is 0 Å². The number of nitrogens with one attached hydrogen (secondary N) is 1. The minimum Gasteiger partial charge on any atom is -0.403 e. The molecule has 0 radical (unpaired) electrons. The van der Waals surface area contributed by atoms with Crippen molar-refractivity contribution >= 4 is 13.0 Å². The molecule has 1 amide bonds. The van der Waals surface area contributed by atoms with Crippen LogP contribution in [0.4, 0.5) is 0 Å². The summed E-state index contributed by atoms with van der Waals surface area (Å²) in [5.74, 6) is 1.12. The van der Waals surface area contributed by atoms with E-state index in [1.807, 2.05) is 20.8 Å². The SMILES string of the molecule is C[C@H]1[C@H](CCB2OC(C)(C)C(C)(C)O2)CCC1(C)C(=O)NC(C)(C)C. The Hall–Kier alpha value is -0.545. The molecule has 0 aromatic rings. The monoisotopic (exact) mass is 351 g/mol. The van der Waals surface area contributed by atoms with Gasteiger partial charge in [-0.3, -0.25) is 4.79 Å². The van der Waals surface area contributed by atoms with Gasteiger partial charge in [0, 0.05) is 11.0 Å². The second-order valence-corrected chi connectivity index (χ2v) is 10.5. The van der Waals surface area contributed by atoms with Crippen LogP contribution in [0.5, 0.6) is 0 Å². The molecule has 1 N–H and O–H groups in total. The number of hydrogen-bond donors (Lipinski definition) is 1. The minimum atomic E-state index is -0.270. The van der Waals surface area contributed by atoms with Crippen LogP contribution in [-0.4, -0.2) is 29.8 Å². The molecule has 1 aliphatic heterocycles. The van der Waals surface area contributed by atoms with Crippen LogP contribution in [0.3, 0.4) is 0 Å². The van der Waals surface area contributed by atoms with E-state index in [0.29, 0.717) is 11.8 Å². The molecule has 25 heavy (non-hydrogen) atoms. The van der Waals surface area contributed by atoms with E-state index >= 15 is 0 Å². The van der Waals surface area contributed by atoms with Gasteiger partial charge in [0.2, 0.25) is 5.91 Å². The third kappa shape index (κ3) is 4.24. The number of hydrogen-bond acceptors (Lipinski definition) is 3. The van der Waals surface area contributed by atoms with Gasteiger partial charge >= 0.3 is 7.12 Å².